The first-order chi connectivity index (χ1) is 19.3. The van der Waals surface area contributed by atoms with Gasteiger partial charge in [-0.25, -0.2) is 4.39 Å². The summed E-state index contributed by atoms with van der Waals surface area (Å²) in [5.74, 6) is -2.02. The third kappa shape index (κ3) is 5.16. The first kappa shape index (κ1) is 27.0. The molecule has 3 aromatic carbocycles. The van der Waals surface area contributed by atoms with E-state index in [4.69, 9.17) is 4.74 Å². The van der Waals surface area contributed by atoms with Crippen molar-refractivity contribution >= 4 is 51.4 Å². The van der Waals surface area contributed by atoms with Gasteiger partial charge in [0.15, 0.2) is 4.34 Å². The standard InChI is InChI=1S/C27H19FN4O6S2/c1-38-19-11-9-15(10-12-19)23(33)21-22(16-6-4-7-18(13-16)32(36)37)31(25(35)24(21)34)26-29-30-27(40-26)39-14-17-5-2-3-8-20(17)28/h2-13,22,33H,14H2,1H3/b23-21-. The van der Waals surface area contributed by atoms with Crippen LogP contribution in [0.4, 0.5) is 15.2 Å². The van der Waals surface area contributed by atoms with E-state index in [9.17, 15) is 29.2 Å². The molecule has 10 nitrogen and oxygen atoms in total. The molecule has 202 valence electrons. The van der Waals surface area contributed by atoms with Crippen molar-refractivity contribution in [2.45, 2.75) is 16.1 Å². The van der Waals surface area contributed by atoms with E-state index >= 15 is 0 Å². The van der Waals surface area contributed by atoms with Crippen molar-refractivity contribution in [1.29, 1.82) is 0 Å². The average Bonchev–Trinajstić information content (AvgIpc) is 3.54. The highest BCUT2D eigenvalue weighted by Gasteiger charge is 2.48. The predicted octanol–water partition coefficient (Wildman–Crippen LogP) is 5.51. The number of benzene rings is 3. The molecule has 0 radical (unpaired) electrons. The molecule has 1 fully saturated rings. The molecule has 0 aliphatic carbocycles. The molecule has 2 heterocycles. The largest absolute Gasteiger partial charge is 0.507 e. The second-order valence-corrected chi connectivity index (χ2v) is 10.7. The number of halogens is 1. The Bertz CT molecular complexity index is 1660. The number of ketones is 1. The SMILES string of the molecule is COc1ccc(/C(O)=C2/C(=O)C(=O)N(c3nnc(SCc4ccccc4F)s3)C2c2cccc([N+](=O)[O-])c2)cc1. The summed E-state index contributed by atoms with van der Waals surface area (Å²) in [6, 6.07) is 16.7. The Labute approximate surface area is 234 Å². The lowest BCUT2D eigenvalue weighted by molar-refractivity contribution is -0.384. The van der Waals surface area contributed by atoms with Crippen LogP contribution in [0.1, 0.15) is 22.7 Å². The molecule has 1 amide bonds. The first-order valence-corrected chi connectivity index (χ1v) is 13.5. The number of ether oxygens (including phenoxy) is 1. The number of nitro groups is 1. The van der Waals surface area contributed by atoms with Crippen molar-refractivity contribution in [1.82, 2.24) is 10.2 Å². The third-order valence-electron chi connectivity index (χ3n) is 6.12. The number of non-ortho nitro benzene ring substituents is 1. The summed E-state index contributed by atoms with van der Waals surface area (Å²) >= 11 is 2.20. The van der Waals surface area contributed by atoms with Gasteiger partial charge >= 0.3 is 5.91 Å². The Morgan fingerprint density at radius 3 is 2.58 bits per heavy atom. The predicted molar refractivity (Wildman–Crippen MR) is 147 cm³/mol. The summed E-state index contributed by atoms with van der Waals surface area (Å²) in [6.07, 6.45) is 0. The van der Waals surface area contributed by atoms with Gasteiger partial charge in [0.25, 0.3) is 11.5 Å². The number of carbonyl (C=O) groups excluding carboxylic acids is 2. The molecule has 1 N–H and O–H groups in total. The molecule has 5 rings (SSSR count). The summed E-state index contributed by atoms with van der Waals surface area (Å²) in [5, 5.41) is 30.9. The van der Waals surface area contributed by atoms with Gasteiger partial charge in [-0.3, -0.25) is 24.6 Å². The average molecular weight is 579 g/mol. The molecule has 0 spiro atoms. The second-order valence-electron chi connectivity index (χ2n) is 8.48. The van der Waals surface area contributed by atoms with Gasteiger partial charge in [-0.05, 0) is 41.5 Å². The number of aromatic nitrogens is 2. The fourth-order valence-corrected chi connectivity index (χ4v) is 6.03. The number of aliphatic hydroxyl groups excluding tert-OH is 1. The van der Waals surface area contributed by atoms with Crippen LogP contribution in [0.5, 0.6) is 5.75 Å². The maximum atomic E-state index is 14.0. The lowest BCUT2D eigenvalue weighted by Crippen LogP contribution is -2.29. The van der Waals surface area contributed by atoms with Gasteiger partial charge in [0, 0.05) is 23.4 Å². The van der Waals surface area contributed by atoms with E-state index in [1.54, 1.807) is 30.3 Å². The number of anilines is 1. The molecule has 0 saturated carbocycles. The number of hydrogen-bond acceptors (Lipinski definition) is 10. The number of nitrogens with zero attached hydrogens (tertiary/aromatic N) is 4. The molecule has 0 bridgehead atoms. The number of rotatable bonds is 8. The number of Topliss-reactive ketones (excluding diaryl/α,β-unsaturated/α-hetero) is 1. The summed E-state index contributed by atoms with van der Waals surface area (Å²) in [4.78, 5) is 38.6. The molecule has 13 heteroatoms. The van der Waals surface area contributed by atoms with Gasteiger partial charge in [-0.2, -0.15) is 0 Å². The quantitative estimate of drug-likeness (QED) is 0.0546. The molecular weight excluding hydrogens is 559 g/mol. The van der Waals surface area contributed by atoms with Gasteiger partial charge in [0.05, 0.1) is 23.6 Å². The van der Waals surface area contributed by atoms with E-state index in [0.717, 1.165) is 16.2 Å². The van der Waals surface area contributed by atoms with Gasteiger partial charge < -0.3 is 9.84 Å². The minimum atomic E-state index is -1.22. The van der Waals surface area contributed by atoms with Crippen molar-refractivity contribution in [3.05, 3.63) is 111 Å². The molecule has 1 unspecified atom stereocenters. The fourth-order valence-electron chi connectivity index (χ4n) is 4.17. The third-order valence-corrected chi connectivity index (χ3v) is 8.22. The Morgan fingerprint density at radius 1 is 1.12 bits per heavy atom. The fraction of sp³-hybridized carbons (Fsp3) is 0.111. The lowest BCUT2D eigenvalue weighted by atomic mass is 9.95. The number of hydrogen-bond donors (Lipinski definition) is 1. The van der Waals surface area contributed by atoms with Crippen molar-refractivity contribution in [2.24, 2.45) is 0 Å². The van der Waals surface area contributed by atoms with E-state index in [1.165, 1.54) is 61.3 Å². The Morgan fingerprint density at radius 2 is 1.88 bits per heavy atom. The van der Waals surface area contributed by atoms with Crippen LogP contribution in [-0.2, 0) is 15.3 Å². The first-order valence-electron chi connectivity index (χ1n) is 11.7. The van der Waals surface area contributed by atoms with Gasteiger partial charge in [0.1, 0.15) is 17.3 Å². The van der Waals surface area contributed by atoms with Crippen molar-refractivity contribution in [3.8, 4) is 5.75 Å². The second kappa shape index (κ2) is 11.2. The van der Waals surface area contributed by atoms with E-state index in [0.29, 0.717) is 15.7 Å². The van der Waals surface area contributed by atoms with Crippen LogP contribution in [0.15, 0.2) is 82.7 Å². The minimum Gasteiger partial charge on any atom is -0.507 e. The van der Waals surface area contributed by atoms with E-state index in [2.05, 4.69) is 10.2 Å². The zero-order valence-corrected chi connectivity index (χ0v) is 22.3. The number of carbonyl (C=O) groups is 2. The summed E-state index contributed by atoms with van der Waals surface area (Å²) < 4.78 is 19.6. The van der Waals surface area contributed by atoms with Crippen LogP contribution in [0.25, 0.3) is 5.76 Å². The monoisotopic (exact) mass is 578 g/mol. The van der Waals surface area contributed by atoms with Crippen LogP contribution in [0, 0.1) is 15.9 Å². The topological polar surface area (TPSA) is 136 Å². The molecule has 1 atom stereocenters. The number of thioether (sulfide) groups is 1. The van der Waals surface area contributed by atoms with Gasteiger partial charge in [0.2, 0.25) is 5.13 Å². The molecule has 4 aromatic rings. The summed E-state index contributed by atoms with van der Waals surface area (Å²) in [7, 11) is 1.48. The molecule has 1 aliphatic heterocycles. The summed E-state index contributed by atoms with van der Waals surface area (Å²) in [5.41, 5.74) is 0.407. The van der Waals surface area contributed by atoms with Crippen molar-refractivity contribution < 1.29 is 28.7 Å². The number of aliphatic hydroxyl groups is 1. The Balaban J connectivity index is 1.57. The van der Waals surface area contributed by atoms with Crippen LogP contribution in [-0.4, -0.2) is 39.0 Å². The van der Waals surface area contributed by atoms with E-state index in [-0.39, 0.29) is 39.1 Å². The maximum Gasteiger partial charge on any atom is 0.301 e. The van der Waals surface area contributed by atoms with Crippen LogP contribution >= 0.6 is 23.1 Å². The van der Waals surface area contributed by atoms with E-state index < -0.39 is 28.4 Å². The minimum absolute atomic E-state index is 0.0448. The van der Waals surface area contributed by atoms with E-state index in [1.807, 2.05) is 0 Å². The highest BCUT2D eigenvalue weighted by molar-refractivity contribution is 8.00. The van der Waals surface area contributed by atoms with Crippen LogP contribution in [0.3, 0.4) is 0 Å². The van der Waals surface area contributed by atoms with Crippen LogP contribution < -0.4 is 9.64 Å². The molecule has 1 aromatic heterocycles. The number of nitro benzene ring substituents is 1. The smallest absolute Gasteiger partial charge is 0.301 e. The number of amides is 1. The van der Waals surface area contributed by atoms with Crippen molar-refractivity contribution in [2.75, 3.05) is 12.0 Å². The summed E-state index contributed by atoms with van der Waals surface area (Å²) in [6.45, 7) is 0. The normalized spacial score (nSPS) is 16.4. The van der Waals surface area contributed by atoms with Crippen molar-refractivity contribution in [3.63, 3.8) is 0 Å². The highest BCUT2D eigenvalue weighted by atomic mass is 32.2. The Hall–Kier alpha value is -4.62. The Kier molecular flexibility index (Phi) is 7.58. The molecule has 40 heavy (non-hydrogen) atoms. The maximum absolute atomic E-state index is 14.0. The molecule has 1 aliphatic rings. The number of methoxy groups -OCH3 is 1. The van der Waals surface area contributed by atoms with Gasteiger partial charge in [-0.15, -0.1) is 10.2 Å². The zero-order valence-electron chi connectivity index (χ0n) is 20.7. The van der Waals surface area contributed by atoms with Gasteiger partial charge in [-0.1, -0.05) is 53.4 Å². The highest BCUT2D eigenvalue weighted by Crippen LogP contribution is 2.44. The van der Waals surface area contributed by atoms with Crippen LogP contribution in [0.2, 0.25) is 0 Å². The zero-order chi connectivity index (χ0) is 28.4. The lowest BCUT2D eigenvalue weighted by Gasteiger charge is -2.22. The molecular formula is C27H19FN4O6S2. The molecule has 1 saturated heterocycles.